The van der Waals surface area contributed by atoms with Crippen LogP contribution in [0, 0.1) is 5.92 Å². The zero-order chi connectivity index (χ0) is 25.9. The summed E-state index contributed by atoms with van der Waals surface area (Å²) >= 11 is 6.19. The Morgan fingerprint density at radius 1 is 0.895 bits per heavy atom. The van der Waals surface area contributed by atoms with Gasteiger partial charge in [0, 0.05) is 49.7 Å². The van der Waals surface area contributed by atoms with E-state index in [4.69, 9.17) is 21.4 Å². The van der Waals surface area contributed by atoms with Crippen molar-refractivity contribution in [2.75, 3.05) is 45.9 Å². The molecule has 1 aromatic heterocycles. The van der Waals surface area contributed by atoms with Gasteiger partial charge < -0.3 is 14.5 Å². The second-order valence-electron chi connectivity index (χ2n) is 11.1. The lowest BCUT2D eigenvalue weighted by atomic mass is 9.89. The number of aromatic nitrogens is 2. The minimum absolute atomic E-state index is 0.114. The lowest BCUT2D eigenvalue weighted by Gasteiger charge is -2.35. The SMILES string of the molecule is O=C(c1cnn(-c2ccc(Cl)cc2)c1C1CCN(CC2CCOCC2)CC1)N1CCC(c2ccccc2)C1. The second-order valence-corrected chi connectivity index (χ2v) is 11.5. The third kappa shape index (κ3) is 5.54. The smallest absolute Gasteiger partial charge is 0.257 e. The topological polar surface area (TPSA) is 50.6 Å². The summed E-state index contributed by atoms with van der Waals surface area (Å²) in [7, 11) is 0. The minimum Gasteiger partial charge on any atom is -0.381 e. The van der Waals surface area contributed by atoms with Crippen molar-refractivity contribution in [1.82, 2.24) is 19.6 Å². The number of carbonyl (C=O) groups is 1. The number of likely N-dealkylation sites (tertiary alicyclic amines) is 2. The van der Waals surface area contributed by atoms with E-state index in [0.29, 0.717) is 16.9 Å². The van der Waals surface area contributed by atoms with E-state index in [-0.39, 0.29) is 5.91 Å². The summed E-state index contributed by atoms with van der Waals surface area (Å²) in [6.07, 6.45) is 7.21. The van der Waals surface area contributed by atoms with Crippen LogP contribution in [0.25, 0.3) is 5.69 Å². The summed E-state index contributed by atoms with van der Waals surface area (Å²) in [4.78, 5) is 18.6. The zero-order valence-electron chi connectivity index (χ0n) is 22.0. The van der Waals surface area contributed by atoms with Crippen molar-refractivity contribution in [2.24, 2.45) is 5.92 Å². The first kappa shape index (κ1) is 25.6. The van der Waals surface area contributed by atoms with Gasteiger partial charge in [-0.1, -0.05) is 41.9 Å². The van der Waals surface area contributed by atoms with Crippen LogP contribution in [-0.4, -0.2) is 71.4 Å². The maximum Gasteiger partial charge on any atom is 0.257 e. The van der Waals surface area contributed by atoms with E-state index in [1.165, 1.54) is 18.4 Å². The van der Waals surface area contributed by atoms with Crippen LogP contribution in [0.3, 0.4) is 0 Å². The summed E-state index contributed by atoms with van der Waals surface area (Å²) in [6, 6.07) is 18.4. The van der Waals surface area contributed by atoms with Crippen molar-refractivity contribution in [1.29, 1.82) is 0 Å². The Bertz CT molecular complexity index is 1210. The summed E-state index contributed by atoms with van der Waals surface area (Å²) in [5.41, 5.74) is 4.09. The van der Waals surface area contributed by atoms with Crippen molar-refractivity contribution in [3.8, 4) is 5.69 Å². The number of carbonyl (C=O) groups excluding carboxylic acids is 1. The summed E-state index contributed by atoms with van der Waals surface area (Å²) < 4.78 is 7.55. The molecule has 6 nitrogen and oxygen atoms in total. The van der Waals surface area contributed by atoms with Crippen LogP contribution in [0.15, 0.2) is 60.8 Å². The normalized spacial score (nSPS) is 21.7. The van der Waals surface area contributed by atoms with E-state index < -0.39 is 0 Å². The maximum atomic E-state index is 13.9. The molecule has 0 saturated carbocycles. The van der Waals surface area contributed by atoms with Crippen LogP contribution in [-0.2, 0) is 4.74 Å². The highest BCUT2D eigenvalue weighted by atomic mass is 35.5. The fraction of sp³-hybridized carbons (Fsp3) is 0.484. The average Bonchev–Trinajstić information content (AvgIpc) is 3.63. The van der Waals surface area contributed by atoms with Crippen LogP contribution < -0.4 is 0 Å². The fourth-order valence-electron chi connectivity index (χ4n) is 6.50. The number of ether oxygens (including phenoxy) is 1. The van der Waals surface area contributed by atoms with Crippen molar-refractivity contribution < 1.29 is 9.53 Å². The monoisotopic (exact) mass is 532 g/mol. The molecule has 3 aliphatic heterocycles. The molecule has 200 valence electrons. The highest BCUT2D eigenvalue weighted by molar-refractivity contribution is 6.30. The van der Waals surface area contributed by atoms with Crippen molar-refractivity contribution >= 4 is 17.5 Å². The lowest BCUT2D eigenvalue weighted by molar-refractivity contribution is 0.0486. The van der Waals surface area contributed by atoms with Crippen LogP contribution in [0.4, 0.5) is 0 Å². The van der Waals surface area contributed by atoms with Crippen LogP contribution in [0.1, 0.15) is 65.6 Å². The Morgan fingerprint density at radius 2 is 1.61 bits per heavy atom. The van der Waals surface area contributed by atoms with Gasteiger partial charge in [0.15, 0.2) is 0 Å². The zero-order valence-corrected chi connectivity index (χ0v) is 22.7. The largest absolute Gasteiger partial charge is 0.381 e. The van der Waals surface area contributed by atoms with Gasteiger partial charge in [-0.3, -0.25) is 4.79 Å². The van der Waals surface area contributed by atoms with Crippen molar-refractivity contribution in [3.63, 3.8) is 0 Å². The van der Waals surface area contributed by atoms with E-state index in [0.717, 1.165) is 88.1 Å². The van der Waals surface area contributed by atoms with Crippen molar-refractivity contribution in [2.45, 2.75) is 43.9 Å². The van der Waals surface area contributed by atoms with E-state index in [1.54, 1.807) is 6.20 Å². The standard InChI is InChI=1S/C31H37ClN4O2/c32-27-6-8-28(9-7-27)36-30(25-10-15-34(16-11-25)21-23-13-18-38-19-14-23)29(20-33-36)31(37)35-17-12-26(22-35)24-4-2-1-3-5-24/h1-9,20,23,25-26H,10-19,21-22H2. The Kier molecular flexibility index (Phi) is 7.82. The van der Waals surface area contributed by atoms with Gasteiger partial charge in [-0.2, -0.15) is 5.10 Å². The Hall–Kier alpha value is -2.67. The fourth-order valence-corrected chi connectivity index (χ4v) is 6.63. The molecule has 1 amide bonds. The maximum absolute atomic E-state index is 13.9. The Balaban J connectivity index is 1.22. The number of hydrogen-bond acceptors (Lipinski definition) is 4. The highest BCUT2D eigenvalue weighted by Crippen LogP contribution is 2.35. The molecular weight excluding hydrogens is 496 g/mol. The molecule has 3 aromatic rings. The molecule has 1 atom stereocenters. The first-order valence-electron chi connectivity index (χ1n) is 14.1. The lowest BCUT2D eigenvalue weighted by Crippen LogP contribution is -2.38. The Labute approximate surface area is 230 Å². The quantitative estimate of drug-likeness (QED) is 0.405. The molecule has 4 heterocycles. The summed E-state index contributed by atoms with van der Waals surface area (Å²) in [5, 5.41) is 5.47. The number of rotatable bonds is 6. The number of halogens is 1. The van der Waals surface area contributed by atoms with E-state index in [2.05, 4.69) is 29.2 Å². The molecule has 6 rings (SSSR count). The van der Waals surface area contributed by atoms with Crippen LogP contribution in [0.2, 0.25) is 5.02 Å². The third-order valence-electron chi connectivity index (χ3n) is 8.69. The third-order valence-corrected chi connectivity index (χ3v) is 8.94. The summed E-state index contributed by atoms with van der Waals surface area (Å²) in [6.45, 7) is 6.62. The van der Waals surface area contributed by atoms with Gasteiger partial charge in [-0.05, 0) is 80.9 Å². The Morgan fingerprint density at radius 3 is 2.34 bits per heavy atom. The number of benzene rings is 2. The molecule has 0 spiro atoms. The molecule has 38 heavy (non-hydrogen) atoms. The first-order chi connectivity index (χ1) is 18.7. The molecule has 3 saturated heterocycles. The van der Waals surface area contributed by atoms with E-state index in [1.807, 2.05) is 39.9 Å². The number of piperidine rings is 1. The molecule has 0 radical (unpaired) electrons. The molecule has 3 fully saturated rings. The molecule has 3 aliphatic rings. The van der Waals surface area contributed by atoms with Gasteiger partial charge in [0.05, 0.1) is 23.1 Å². The molecule has 0 aliphatic carbocycles. The van der Waals surface area contributed by atoms with Gasteiger partial charge in [-0.15, -0.1) is 0 Å². The van der Waals surface area contributed by atoms with Gasteiger partial charge in [0.25, 0.3) is 5.91 Å². The second kappa shape index (κ2) is 11.6. The highest BCUT2D eigenvalue weighted by Gasteiger charge is 2.34. The predicted octanol–water partition coefficient (Wildman–Crippen LogP) is 5.76. The molecule has 7 heteroatoms. The first-order valence-corrected chi connectivity index (χ1v) is 14.5. The van der Waals surface area contributed by atoms with Gasteiger partial charge in [0.2, 0.25) is 0 Å². The minimum atomic E-state index is 0.114. The molecular formula is C31H37ClN4O2. The number of amides is 1. The van der Waals surface area contributed by atoms with E-state index in [9.17, 15) is 4.79 Å². The van der Waals surface area contributed by atoms with Crippen molar-refractivity contribution in [3.05, 3.63) is 82.6 Å². The number of hydrogen-bond donors (Lipinski definition) is 0. The number of nitrogens with zero attached hydrogens (tertiary/aromatic N) is 4. The van der Waals surface area contributed by atoms with Gasteiger partial charge in [0.1, 0.15) is 0 Å². The molecule has 0 N–H and O–H groups in total. The van der Waals surface area contributed by atoms with Gasteiger partial charge >= 0.3 is 0 Å². The molecule has 1 unspecified atom stereocenters. The predicted molar refractivity (Wildman–Crippen MR) is 150 cm³/mol. The average molecular weight is 533 g/mol. The molecule has 2 aromatic carbocycles. The summed E-state index contributed by atoms with van der Waals surface area (Å²) in [5.74, 6) is 1.54. The van der Waals surface area contributed by atoms with Crippen LogP contribution >= 0.6 is 11.6 Å². The molecule has 0 bridgehead atoms. The van der Waals surface area contributed by atoms with Crippen LogP contribution in [0.5, 0.6) is 0 Å². The van der Waals surface area contributed by atoms with E-state index >= 15 is 0 Å². The van der Waals surface area contributed by atoms with Gasteiger partial charge in [-0.25, -0.2) is 4.68 Å².